The fourth-order valence-electron chi connectivity index (χ4n) is 1.63. The van der Waals surface area contributed by atoms with Crippen LogP contribution in [-0.2, 0) is 4.79 Å². The standard InChI is InChI=1S/C13H14N2O3/c1-10-14-6-7-15(10)11-3-2-4-12(9-11)18-8-5-13(16)17/h2-4,6-7,9H,5,8H2,1H3,(H,16,17). The Kier molecular flexibility index (Phi) is 3.62. The lowest BCUT2D eigenvalue weighted by molar-refractivity contribution is -0.137. The molecule has 0 saturated carbocycles. The first kappa shape index (κ1) is 12.2. The predicted molar refractivity (Wildman–Crippen MR) is 66.0 cm³/mol. The molecule has 5 nitrogen and oxygen atoms in total. The molecule has 0 unspecified atom stereocenters. The zero-order chi connectivity index (χ0) is 13.0. The van der Waals surface area contributed by atoms with E-state index in [-0.39, 0.29) is 13.0 Å². The van der Waals surface area contributed by atoms with Gasteiger partial charge in [-0.3, -0.25) is 4.79 Å². The molecule has 0 atom stereocenters. The largest absolute Gasteiger partial charge is 0.493 e. The zero-order valence-electron chi connectivity index (χ0n) is 10.0. The Hall–Kier alpha value is -2.30. The minimum atomic E-state index is -0.864. The lowest BCUT2D eigenvalue weighted by Crippen LogP contribution is -2.05. The molecule has 94 valence electrons. The van der Waals surface area contributed by atoms with Crippen LogP contribution < -0.4 is 4.74 Å². The second-order valence-electron chi connectivity index (χ2n) is 3.83. The van der Waals surface area contributed by atoms with E-state index >= 15 is 0 Å². The Bertz CT molecular complexity index is 549. The van der Waals surface area contributed by atoms with Crippen molar-refractivity contribution in [2.45, 2.75) is 13.3 Å². The highest BCUT2D eigenvalue weighted by Crippen LogP contribution is 2.18. The number of imidazole rings is 1. The van der Waals surface area contributed by atoms with E-state index in [0.29, 0.717) is 5.75 Å². The summed E-state index contributed by atoms with van der Waals surface area (Å²) in [6.07, 6.45) is 3.59. The third-order valence-corrected chi connectivity index (χ3v) is 2.51. The van der Waals surface area contributed by atoms with E-state index in [1.165, 1.54) is 0 Å². The number of hydrogen-bond donors (Lipinski definition) is 1. The van der Waals surface area contributed by atoms with Gasteiger partial charge < -0.3 is 14.4 Å². The van der Waals surface area contributed by atoms with Crippen molar-refractivity contribution in [3.05, 3.63) is 42.5 Å². The average molecular weight is 246 g/mol. The molecule has 1 heterocycles. The van der Waals surface area contributed by atoms with Gasteiger partial charge in [0.05, 0.1) is 18.7 Å². The number of aliphatic carboxylic acids is 1. The summed E-state index contributed by atoms with van der Waals surface area (Å²) in [5, 5.41) is 8.54. The summed E-state index contributed by atoms with van der Waals surface area (Å²) in [5.41, 5.74) is 0.942. The highest BCUT2D eigenvalue weighted by molar-refractivity contribution is 5.66. The van der Waals surface area contributed by atoms with E-state index in [1.807, 2.05) is 35.9 Å². The first-order valence-corrected chi connectivity index (χ1v) is 5.62. The van der Waals surface area contributed by atoms with Crippen LogP contribution >= 0.6 is 0 Å². The Labute approximate surface area is 105 Å². The van der Waals surface area contributed by atoms with Crippen molar-refractivity contribution in [2.24, 2.45) is 0 Å². The highest BCUT2D eigenvalue weighted by Gasteiger charge is 2.03. The van der Waals surface area contributed by atoms with Gasteiger partial charge in [-0.2, -0.15) is 0 Å². The first-order valence-electron chi connectivity index (χ1n) is 5.62. The van der Waals surface area contributed by atoms with Crippen molar-refractivity contribution in [1.29, 1.82) is 0 Å². The Morgan fingerprint density at radius 1 is 1.50 bits per heavy atom. The molecule has 0 aliphatic heterocycles. The minimum absolute atomic E-state index is 0.00562. The number of rotatable bonds is 5. The molecule has 0 aliphatic rings. The summed E-state index contributed by atoms with van der Waals surface area (Å²) in [5.74, 6) is 0.677. The first-order chi connectivity index (χ1) is 8.66. The Morgan fingerprint density at radius 2 is 2.33 bits per heavy atom. The van der Waals surface area contributed by atoms with Crippen LogP contribution in [0.25, 0.3) is 5.69 Å². The van der Waals surface area contributed by atoms with Gasteiger partial charge in [-0.05, 0) is 19.1 Å². The van der Waals surface area contributed by atoms with Crippen LogP contribution in [0, 0.1) is 6.92 Å². The van der Waals surface area contributed by atoms with E-state index in [4.69, 9.17) is 9.84 Å². The van der Waals surface area contributed by atoms with Crippen molar-refractivity contribution in [2.75, 3.05) is 6.61 Å². The van der Waals surface area contributed by atoms with Gasteiger partial charge in [0, 0.05) is 18.5 Å². The SMILES string of the molecule is Cc1nccn1-c1cccc(OCCC(=O)O)c1. The molecule has 0 radical (unpaired) electrons. The molecule has 2 aromatic rings. The van der Waals surface area contributed by atoms with E-state index in [0.717, 1.165) is 11.5 Å². The molecular weight excluding hydrogens is 232 g/mol. The summed E-state index contributed by atoms with van der Waals surface area (Å²) >= 11 is 0. The smallest absolute Gasteiger partial charge is 0.306 e. The fourth-order valence-corrected chi connectivity index (χ4v) is 1.63. The number of nitrogens with zero attached hydrogens (tertiary/aromatic N) is 2. The van der Waals surface area contributed by atoms with Gasteiger partial charge in [-0.25, -0.2) is 4.98 Å². The third kappa shape index (κ3) is 2.88. The maximum Gasteiger partial charge on any atom is 0.306 e. The van der Waals surface area contributed by atoms with Crippen LogP contribution in [0.3, 0.4) is 0 Å². The molecule has 1 aromatic carbocycles. The number of carbonyl (C=O) groups is 1. The van der Waals surface area contributed by atoms with Gasteiger partial charge in [0.1, 0.15) is 11.6 Å². The number of carboxylic acids is 1. The topological polar surface area (TPSA) is 64.4 Å². The molecule has 0 aliphatic carbocycles. The van der Waals surface area contributed by atoms with Gasteiger partial charge in [-0.15, -0.1) is 0 Å². The molecule has 0 amide bonds. The Balaban J connectivity index is 2.11. The molecule has 1 aromatic heterocycles. The lowest BCUT2D eigenvalue weighted by Gasteiger charge is -2.08. The summed E-state index contributed by atoms with van der Waals surface area (Å²) in [6, 6.07) is 7.47. The van der Waals surface area contributed by atoms with Crippen LogP contribution in [-0.4, -0.2) is 27.2 Å². The normalized spacial score (nSPS) is 10.3. The number of ether oxygens (including phenoxy) is 1. The molecule has 2 rings (SSSR count). The minimum Gasteiger partial charge on any atom is -0.493 e. The number of hydrogen-bond acceptors (Lipinski definition) is 3. The summed E-state index contributed by atoms with van der Waals surface area (Å²) in [6.45, 7) is 2.08. The lowest BCUT2D eigenvalue weighted by atomic mass is 10.3. The molecule has 1 N–H and O–H groups in total. The second-order valence-corrected chi connectivity index (χ2v) is 3.83. The number of aryl methyl sites for hydroxylation is 1. The van der Waals surface area contributed by atoms with Crippen molar-refractivity contribution < 1.29 is 14.6 Å². The molecule has 5 heteroatoms. The predicted octanol–water partition coefficient (Wildman–Crippen LogP) is 2.03. The molecule has 0 spiro atoms. The maximum atomic E-state index is 10.4. The van der Waals surface area contributed by atoms with E-state index in [9.17, 15) is 4.79 Å². The number of benzene rings is 1. The van der Waals surface area contributed by atoms with Gasteiger partial charge in [0.15, 0.2) is 0 Å². The maximum absolute atomic E-state index is 10.4. The van der Waals surface area contributed by atoms with Crippen molar-refractivity contribution in [3.63, 3.8) is 0 Å². The van der Waals surface area contributed by atoms with E-state index in [2.05, 4.69) is 4.98 Å². The molecular formula is C13H14N2O3. The van der Waals surface area contributed by atoms with Crippen LogP contribution in [0.5, 0.6) is 5.75 Å². The van der Waals surface area contributed by atoms with E-state index in [1.54, 1.807) is 12.3 Å². The van der Waals surface area contributed by atoms with Gasteiger partial charge in [0.2, 0.25) is 0 Å². The van der Waals surface area contributed by atoms with Crippen LogP contribution in [0.2, 0.25) is 0 Å². The monoisotopic (exact) mass is 246 g/mol. The fraction of sp³-hybridized carbons (Fsp3) is 0.231. The quantitative estimate of drug-likeness (QED) is 0.876. The summed E-state index contributed by atoms with van der Waals surface area (Å²) in [4.78, 5) is 14.5. The van der Waals surface area contributed by atoms with Crippen LogP contribution in [0.15, 0.2) is 36.7 Å². The summed E-state index contributed by atoms with van der Waals surface area (Å²) in [7, 11) is 0. The number of carboxylic acid groups (broad SMARTS) is 1. The summed E-state index contributed by atoms with van der Waals surface area (Å²) < 4.78 is 7.32. The Morgan fingerprint density at radius 3 is 3.00 bits per heavy atom. The third-order valence-electron chi connectivity index (χ3n) is 2.51. The van der Waals surface area contributed by atoms with Crippen LogP contribution in [0.1, 0.15) is 12.2 Å². The number of aromatic nitrogens is 2. The molecule has 0 saturated heterocycles. The second kappa shape index (κ2) is 5.35. The van der Waals surface area contributed by atoms with Gasteiger partial charge in [-0.1, -0.05) is 6.07 Å². The zero-order valence-corrected chi connectivity index (χ0v) is 10.0. The molecule has 0 bridgehead atoms. The molecule has 0 fully saturated rings. The van der Waals surface area contributed by atoms with E-state index < -0.39 is 5.97 Å². The molecule has 18 heavy (non-hydrogen) atoms. The van der Waals surface area contributed by atoms with Crippen molar-refractivity contribution >= 4 is 5.97 Å². The highest BCUT2D eigenvalue weighted by atomic mass is 16.5. The van der Waals surface area contributed by atoms with Gasteiger partial charge >= 0.3 is 5.97 Å². The van der Waals surface area contributed by atoms with Crippen molar-refractivity contribution in [1.82, 2.24) is 9.55 Å². The van der Waals surface area contributed by atoms with Gasteiger partial charge in [0.25, 0.3) is 0 Å². The average Bonchev–Trinajstić information content (AvgIpc) is 2.75. The van der Waals surface area contributed by atoms with Crippen LogP contribution in [0.4, 0.5) is 0 Å². The van der Waals surface area contributed by atoms with Crippen molar-refractivity contribution in [3.8, 4) is 11.4 Å².